The van der Waals surface area contributed by atoms with Gasteiger partial charge in [-0.3, -0.25) is 0 Å². The minimum Gasteiger partial charge on any atom is -0.396 e. The molecule has 0 rings (SSSR count). The van der Waals surface area contributed by atoms with Crippen molar-refractivity contribution in [3.05, 3.63) is 0 Å². The lowest BCUT2D eigenvalue weighted by Gasteiger charge is -2.18. The molecule has 0 aliphatic rings. The molecule has 0 unspecified atom stereocenters. The molecule has 0 aromatic carbocycles. The number of hydrogen-bond acceptors (Lipinski definition) is 2. The van der Waals surface area contributed by atoms with E-state index in [0.717, 1.165) is 13.0 Å². The normalized spacial score (nSPS) is 11.4. The summed E-state index contributed by atoms with van der Waals surface area (Å²) in [6, 6.07) is 0.685. The fourth-order valence-electron chi connectivity index (χ4n) is 2.72. The van der Waals surface area contributed by atoms with E-state index in [1.165, 1.54) is 77.0 Å². The summed E-state index contributed by atoms with van der Waals surface area (Å²) in [6.07, 6.45) is 17.3. The van der Waals surface area contributed by atoms with Gasteiger partial charge in [-0.1, -0.05) is 78.1 Å². The third kappa shape index (κ3) is 14.3. The summed E-state index contributed by atoms with van der Waals surface area (Å²) < 4.78 is 0. The first-order chi connectivity index (χ1) is 9.85. The van der Waals surface area contributed by atoms with Gasteiger partial charge in [-0.15, -0.1) is 0 Å². The van der Waals surface area contributed by atoms with Crippen LogP contribution in [0.5, 0.6) is 0 Å². The number of rotatable bonds is 16. The molecule has 0 aliphatic heterocycles. The van der Waals surface area contributed by atoms with Gasteiger partial charge in [0.1, 0.15) is 0 Å². The van der Waals surface area contributed by atoms with E-state index in [0.29, 0.717) is 12.6 Å². The third-order valence-electron chi connectivity index (χ3n) is 4.08. The molecule has 0 radical (unpaired) electrons. The van der Waals surface area contributed by atoms with Gasteiger partial charge < -0.3 is 10.4 Å². The minimum atomic E-state index is 0.312. The van der Waals surface area contributed by atoms with E-state index in [-0.39, 0.29) is 0 Å². The highest BCUT2D eigenvalue weighted by Gasteiger charge is 2.07. The fraction of sp³-hybridized carbons (Fsp3) is 1.00. The van der Waals surface area contributed by atoms with Gasteiger partial charge in [0.25, 0.3) is 0 Å². The van der Waals surface area contributed by atoms with E-state index in [1.807, 2.05) is 0 Å². The van der Waals surface area contributed by atoms with Crippen LogP contribution in [0, 0.1) is 0 Å². The maximum Gasteiger partial charge on any atom is 0.0443 e. The molecule has 0 aromatic rings. The van der Waals surface area contributed by atoms with Crippen molar-refractivity contribution in [2.24, 2.45) is 0 Å². The lowest BCUT2D eigenvalue weighted by Crippen LogP contribution is -2.30. The van der Waals surface area contributed by atoms with Crippen molar-refractivity contribution in [1.29, 1.82) is 0 Å². The van der Waals surface area contributed by atoms with E-state index in [9.17, 15) is 0 Å². The van der Waals surface area contributed by atoms with Crippen LogP contribution < -0.4 is 5.32 Å². The second-order valence-corrected chi connectivity index (χ2v) is 6.13. The highest BCUT2D eigenvalue weighted by Crippen LogP contribution is 2.13. The van der Waals surface area contributed by atoms with Gasteiger partial charge in [-0.2, -0.15) is 0 Å². The first-order valence-electron chi connectivity index (χ1n) is 9.19. The van der Waals surface area contributed by atoms with Crippen LogP contribution in [-0.4, -0.2) is 24.3 Å². The Balaban J connectivity index is 3.64. The molecule has 2 heteroatoms. The van der Waals surface area contributed by atoms with Gasteiger partial charge in [0.2, 0.25) is 0 Å². The number of nitrogens with one attached hydrogen (secondary N) is 1. The van der Waals surface area contributed by atoms with E-state index in [2.05, 4.69) is 19.2 Å². The number of aliphatic hydroxyl groups excluding tert-OH is 1. The van der Waals surface area contributed by atoms with E-state index in [1.54, 1.807) is 0 Å². The van der Waals surface area contributed by atoms with Crippen molar-refractivity contribution in [2.75, 3.05) is 13.2 Å². The first-order valence-corrected chi connectivity index (χ1v) is 9.19. The standard InChI is InChI=1S/C18H39NO/c1-3-5-7-9-11-14-18(19-16-13-17-20)15-12-10-8-6-4-2/h18-20H,3-17H2,1-2H3. The zero-order chi connectivity index (χ0) is 14.9. The van der Waals surface area contributed by atoms with Gasteiger partial charge in [0.05, 0.1) is 0 Å². The van der Waals surface area contributed by atoms with Gasteiger partial charge in [-0.25, -0.2) is 0 Å². The second kappa shape index (κ2) is 17.0. The summed E-state index contributed by atoms with van der Waals surface area (Å²) in [7, 11) is 0. The molecule has 0 bridgehead atoms. The summed E-state index contributed by atoms with van der Waals surface area (Å²) in [5.41, 5.74) is 0. The van der Waals surface area contributed by atoms with Crippen molar-refractivity contribution in [3.8, 4) is 0 Å². The SMILES string of the molecule is CCCCCCCC(CCCCCCC)NCCCO. The zero-order valence-corrected chi connectivity index (χ0v) is 14.1. The Morgan fingerprint density at radius 3 is 1.65 bits per heavy atom. The molecule has 0 heterocycles. The molecule has 2 nitrogen and oxygen atoms in total. The molecule has 0 amide bonds. The Bertz CT molecular complexity index is 159. The molecular formula is C18H39NO. The highest BCUT2D eigenvalue weighted by atomic mass is 16.3. The molecule has 0 aromatic heterocycles. The second-order valence-electron chi connectivity index (χ2n) is 6.13. The topological polar surface area (TPSA) is 32.3 Å². The van der Waals surface area contributed by atoms with Crippen LogP contribution in [-0.2, 0) is 0 Å². The Morgan fingerprint density at radius 2 is 1.20 bits per heavy atom. The predicted molar refractivity (Wildman–Crippen MR) is 90.2 cm³/mol. The largest absolute Gasteiger partial charge is 0.396 e. The third-order valence-corrected chi connectivity index (χ3v) is 4.08. The zero-order valence-electron chi connectivity index (χ0n) is 14.1. The van der Waals surface area contributed by atoms with Crippen LogP contribution in [0.4, 0.5) is 0 Å². The molecule has 0 spiro atoms. The van der Waals surface area contributed by atoms with E-state index < -0.39 is 0 Å². The summed E-state index contributed by atoms with van der Waals surface area (Å²) >= 11 is 0. The molecule has 122 valence electrons. The molecule has 20 heavy (non-hydrogen) atoms. The minimum absolute atomic E-state index is 0.312. The average Bonchev–Trinajstić information content (AvgIpc) is 2.46. The van der Waals surface area contributed by atoms with Gasteiger partial charge >= 0.3 is 0 Å². The van der Waals surface area contributed by atoms with Crippen molar-refractivity contribution in [3.63, 3.8) is 0 Å². The predicted octanol–water partition coefficient (Wildman–Crippen LogP) is 5.05. The van der Waals surface area contributed by atoms with E-state index in [4.69, 9.17) is 5.11 Å². The maximum absolute atomic E-state index is 8.89. The summed E-state index contributed by atoms with van der Waals surface area (Å²) in [6.45, 7) is 5.84. The molecule has 0 fully saturated rings. The number of aliphatic hydroxyl groups is 1. The Hall–Kier alpha value is -0.0800. The van der Waals surface area contributed by atoms with Crippen molar-refractivity contribution in [1.82, 2.24) is 5.32 Å². The molecule has 0 saturated heterocycles. The number of unbranched alkanes of at least 4 members (excludes halogenated alkanes) is 8. The monoisotopic (exact) mass is 285 g/mol. The first kappa shape index (κ1) is 19.9. The van der Waals surface area contributed by atoms with Crippen LogP contribution in [0.25, 0.3) is 0 Å². The summed E-state index contributed by atoms with van der Waals surface area (Å²) in [5.74, 6) is 0. The van der Waals surface area contributed by atoms with Crippen LogP contribution in [0.1, 0.15) is 97.3 Å². The van der Waals surface area contributed by atoms with Crippen molar-refractivity contribution in [2.45, 2.75) is 103 Å². The molecule has 2 N–H and O–H groups in total. The quantitative estimate of drug-likeness (QED) is 0.389. The highest BCUT2D eigenvalue weighted by molar-refractivity contribution is 4.67. The van der Waals surface area contributed by atoms with Crippen molar-refractivity contribution < 1.29 is 5.11 Å². The van der Waals surface area contributed by atoms with Crippen LogP contribution in [0.2, 0.25) is 0 Å². The summed E-state index contributed by atoms with van der Waals surface area (Å²) in [4.78, 5) is 0. The average molecular weight is 286 g/mol. The molecule has 0 saturated carbocycles. The van der Waals surface area contributed by atoms with Gasteiger partial charge in [-0.05, 0) is 25.8 Å². The van der Waals surface area contributed by atoms with Crippen LogP contribution >= 0.6 is 0 Å². The van der Waals surface area contributed by atoms with Crippen molar-refractivity contribution >= 4 is 0 Å². The molecule has 0 aliphatic carbocycles. The summed E-state index contributed by atoms with van der Waals surface area (Å²) in [5, 5.41) is 12.5. The smallest absolute Gasteiger partial charge is 0.0443 e. The Morgan fingerprint density at radius 1 is 0.700 bits per heavy atom. The van der Waals surface area contributed by atoms with Crippen LogP contribution in [0.15, 0.2) is 0 Å². The van der Waals surface area contributed by atoms with Gasteiger partial charge in [0.15, 0.2) is 0 Å². The lowest BCUT2D eigenvalue weighted by molar-refractivity contribution is 0.280. The molecule has 0 atom stereocenters. The lowest BCUT2D eigenvalue weighted by atomic mass is 10.0. The van der Waals surface area contributed by atoms with E-state index >= 15 is 0 Å². The molecular weight excluding hydrogens is 246 g/mol. The Labute approximate surface area is 127 Å². The fourth-order valence-corrected chi connectivity index (χ4v) is 2.72. The van der Waals surface area contributed by atoms with Crippen LogP contribution in [0.3, 0.4) is 0 Å². The van der Waals surface area contributed by atoms with Gasteiger partial charge in [0, 0.05) is 12.6 Å². The maximum atomic E-state index is 8.89. The number of hydrogen-bond donors (Lipinski definition) is 2. The Kier molecular flexibility index (Phi) is 16.9.